The Hall–Kier alpha value is -1.10. The summed E-state index contributed by atoms with van der Waals surface area (Å²) in [5.41, 5.74) is 1.38. The van der Waals surface area contributed by atoms with Crippen molar-refractivity contribution in [2.75, 3.05) is 26.2 Å². The molecule has 1 saturated carbocycles. The third kappa shape index (κ3) is 4.69. The smallest absolute Gasteiger partial charge is 0.234 e. The number of hydrogen-bond acceptors (Lipinski definition) is 3. The molecule has 1 aromatic carbocycles. The summed E-state index contributed by atoms with van der Waals surface area (Å²) in [6, 6.07) is 10.1. The van der Waals surface area contributed by atoms with Crippen LogP contribution in [-0.4, -0.2) is 42.5 Å². The van der Waals surface area contributed by atoms with Crippen molar-refractivity contribution in [3.63, 3.8) is 0 Å². The number of piperazine rings is 1. The predicted octanol–water partition coefficient (Wildman–Crippen LogP) is 2.33. The summed E-state index contributed by atoms with van der Waals surface area (Å²) in [6.45, 7) is 4.18. The first-order valence-corrected chi connectivity index (χ1v) is 8.55. The molecule has 4 nitrogen and oxygen atoms in total. The lowest BCUT2D eigenvalue weighted by Gasteiger charge is -2.49. The van der Waals surface area contributed by atoms with Gasteiger partial charge in [-0.15, -0.1) is 12.4 Å². The van der Waals surface area contributed by atoms with Crippen LogP contribution in [-0.2, 0) is 11.3 Å². The number of amides is 1. The molecule has 1 aliphatic carbocycles. The first-order valence-electron chi connectivity index (χ1n) is 8.55. The largest absolute Gasteiger partial charge is 0.351 e. The average molecular weight is 338 g/mol. The Morgan fingerprint density at radius 3 is 2.65 bits per heavy atom. The molecule has 1 spiro atoms. The summed E-state index contributed by atoms with van der Waals surface area (Å²) >= 11 is 0. The zero-order valence-corrected chi connectivity index (χ0v) is 14.5. The summed E-state index contributed by atoms with van der Waals surface area (Å²) in [5, 5.41) is 6.60. The van der Waals surface area contributed by atoms with Crippen LogP contribution in [0.5, 0.6) is 0 Å². The molecular weight excluding hydrogens is 310 g/mol. The molecule has 1 heterocycles. The van der Waals surface area contributed by atoms with Crippen LogP contribution in [0, 0.1) is 0 Å². The summed E-state index contributed by atoms with van der Waals surface area (Å²) in [7, 11) is 0. The molecule has 1 amide bonds. The Balaban J connectivity index is 0.00000192. The quantitative estimate of drug-likeness (QED) is 0.886. The highest BCUT2D eigenvalue weighted by molar-refractivity contribution is 5.85. The molecule has 0 bridgehead atoms. The Bertz CT molecular complexity index is 480. The van der Waals surface area contributed by atoms with Crippen LogP contribution < -0.4 is 10.6 Å². The van der Waals surface area contributed by atoms with Crippen LogP contribution in [0.2, 0.25) is 0 Å². The molecule has 1 aromatic rings. The highest BCUT2D eigenvalue weighted by atomic mass is 35.5. The third-order valence-corrected chi connectivity index (χ3v) is 5.13. The van der Waals surface area contributed by atoms with Crippen molar-refractivity contribution in [1.29, 1.82) is 0 Å². The van der Waals surface area contributed by atoms with E-state index in [1.54, 1.807) is 0 Å². The highest BCUT2D eigenvalue weighted by Gasteiger charge is 2.40. The zero-order valence-electron chi connectivity index (χ0n) is 13.7. The molecule has 128 valence electrons. The van der Waals surface area contributed by atoms with E-state index in [0.29, 0.717) is 13.1 Å². The van der Waals surface area contributed by atoms with Gasteiger partial charge in [-0.1, -0.05) is 49.6 Å². The van der Waals surface area contributed by atoms with Gasteiger partial charge in [0.05, 0.1) is 6.54 Å². The van der Waals surface area contributed by atoms with Crippen LogP contribution in [0.25, 0.3) is 0 Å². The fraction of sp³-hybridized carbons (Fsp3) is 0.611. The number of rotatable bonds is 4. The molecule has 3 rings (SSSR count). The SMILES string of the molecule is Cl.O=C(CN1CCNCC12CCCCC2)NCc1ccccc1. The molecule has 1 saturated heterocycles. The second-order valence-electron chi connectivity index (χ2n) is 6.65. The zero-order chi connectivity index (χ0) is 15.3. The van der Waals surface area contributed by atoms with E-state index in [4.69, 9.17) is 0 Å². The van der Waals surface area contributed by atoms with E-state index in [0.717, 1.165) is 25.2 Å². The molecule has 2 N–H and O–H groups in total. The Morgan fingerprint density at radius 1 is 1.17 bits per heavy atom. The minimum atomic E-state index is 0. The van der Waals surface area contributed by atoms with Crippen molar-refractivity contribution in [2.24, 2.45) is 0 Å². The van der Waals surface area contributed by atoms with E-state index in [-0.39, 0.29) is 23.9 Å². The highest BCUT2D eigenvalue weighted by Crippen LogP contribution is 2.34. The first-order chi connectivity index (χ1) is 10.8. The summed E-state index contributed by atoms with van der Waals surface area (Å²) in [4.78, 5) is 14.8. The molecule has 1 aliphatic heterocycles. The maximum Gasteiger partial charge on any atom is 0.234 e. The standard InChI is InChI=1S/C18H27N3O.ClH/c22-17(20-13-16-7-3-1-4-8-16)14-21-12-11-19-15-18(21)9-5-2-6-10-18;/h1,3-4,7-8,19H,2,5-6,9-15H2,(H,20,22);1H. The van der Waals surface area contributed by atoms with Gasteiger partial charge in [0.2, 0.25) is 5.91 Å². The lowest BCUT2D eigenvalue weighted by Crippen LogP contribution is -2.63. The van der Waals surface area contributed by atoms with E-state index in [9.17, 15) is 4.79 Å². The first kappa shape index (κ1) is 18.2. The molecule has 0 radical (unpaired) electrons. The number of carbonyl (C=O) groups is 1. The topological polar surface area (TPSA) is 44.4 Å². The van der Waals surface area contributed by atoms with Crippen LogP contribution >= 0.6 is 12.4 Å². The molecular formula is C18H28ClN3O. The Labute approximate surface area is 145 Å². The maximum atomic E-state index is 12.3. The summed E-state index contributed by atoms with van der Waals surface area (Å²) in [6.07, 6.45) is 6.39. The molecule has 2 fully saturated rings. The van der Waals surface area contributed by atoms with Gasteiger partial charge < -0.3 is 10.6 Å². The van der Waals surface area contributed by atoms with Gasteiger partial charge in [0.1, 0.15) is 0 Å². The second kappa shape index (κ2) is 8.67. The molecule has 0 atom stereocenters. The van der Waals surface area contributed by atoms with Gasteiger partial charge in [-0.2, -0.15) is 0 Å². The van der Waals surface area contributed by atoms with E-state index < -0.39 is 0 Å². The average Bonchev–Trinajstić information content (AvgIpc) is 2.57. The molecule has 2 aliphatic rings. The monoisotopic (exact) mass is 337 g/mol. The van der Waals surface area contributed by atoms with Crippen molar-refractivity contribution in [1.82, 2.24) is 15.5 Å². The van der Waals surface area contributed by atoms with Crippen LogP contribution in [0.3, 0.4) is 0 Å². The van der Waals surface area contributed by atoms with E-state index in [1.807, 2.05) is 30.3 Å². The maximum absolute atomic E-state index is 12.3. The van der Waals surface area contributed by atoms with Crippen molar-refractivity contribution < 1.29 is 4.79 Å². The lowest BCUT2D eigenvalue weighted by atomic mass is 9.79. The van der Waals surface area contributed by atoms with Crippen molar-refractivity contribution in [3.05, 3.63) is 35.9 Å². The lowest BCUT2D eigenvalue weighted by molar-refractivity contribution is -0.125. The second-order valence-corrected chi connectivity index (χ2v) is 6.65. The molecule has 0 unspecified atom stereocenters. The van der Waals surface area contributed by atoms with Gasteiger partial charge in [0.25, 0.3) is 0 Å². The van der Waals surface area contributed by atoms with E-state index >= 15 is 0 Å². The van der Waals surface area contributed by atoms with Crippen LogP contribution in [0.4, 0.5) is 0 Å². The van der Waals surface area contributed by atoms with Crippen molar-refractivity contribution >= 4 is 18.3 Å². The fourth-order valence-electron chi connectivity index (χ4n) is 3.86. The van der Waals surface area contributed by atoms with Crippen molar-refractivity contribution in [2.45, 2.75) is 44.2 Å². The minimum Gasteiger partial charge on any atom is -0.351 e. The van der Waals surface area contributed by atoms with E-state index in [2.05, 4.69) is 15.5 Å². The molecule has 5 heteroatoms. The van der Waals surface area contributed by atoms with Gasteiger partial charge in [0.15, 0.2) is 0 Å². The van der Waals surface area contributed by atoms with Gasteiger partial charge in [-0.3, -0.25) is 9.69 Å². The van der Waals surface area contributed by atoms with Gasteiger partial charge in [-0.25, -0.2) is 0 Å². The van der Waals surface area contributed by atoms with Gasteiger partial charge >= 0.3 is 0 Å². The van der Waals surface area contributed by atoms with Crippen LogP contribution in [0.15, 0.2) is 30.3 Å². The number of nitrogens with zero attached hydrogens (tertiary/aromatic N) is 1. The normalized spacial score (nSPS) is 20.7. The van der Waals surface area contributed by atoms with Crippen LogP contribution in [0.1, 0.15) is 37.7 Å². The third-order valence-electron chi connectivity index (χ3n) is 5.13. The summed E-state index contributed by atoms with van der Waals surface area (Å²) in [5.74, 6) is 0.149. The fourth-order valence-corrected chi connectivity index (χ4v) is 3.86. The number of carbonyl (C=O) groups excluding carboxylic acids is 1. The number of benzene rings is 1. The van der Waals surface area contributed by atoms with Gasteiger partial charge in [0, 0.05) is 31.7 Å². The predicted molar refractivity (Wildman–Crippen MR) is 95.8 cm³/mol. The number of halogens is 1. The number of hydrogen-bond donors (Lipinski definition) is 2. The number of nitrogens with one attached hydrogen (secondary N) is 2. The van der Waals surface area contributed by atoms with Crippen molar-refractivity contribution in [3.8, 4) is 0 Å². The van der Waals surface area contributed by atoms with E-state index in [1.165, 1.54) is 32.1 Å². The summed E-state index contributed by atoms with van der Waals surface area (Å²) < 4.78 is 0. The Kier molecular flexibility index (Phi) is 6.88. The molecule has 0 aromatic heterocycles. The Morgan fingerprint density at radius 2 is 1.91 bits per heavy atom. The molecule has 23 heavy (non-hydrogen) atoms. The van der Waals surface area contributed by atoms with Gasteiger partial charge in [-0.05, 0) is 18.4 Å². The minimum absolute atomic E-state index is 0.